The van der Waals surface area contributed by atoms with Gasteiger partial charge in [0.05, 0.1) is 0 Å². The molecule has 0 saturated heterocycles. The van der Waals surface area contributed by atoms with E-state index >= 15 is 0 Å². The molecular formula is C22H28N2O. The summed E-state index contributed by atoms with van der Waals surface area (Å²) < 4.78 is 6.21. The minimum absolute atomic E-state index is 0. The normalized spacial score (nSPS) is 10.4. The van der Waals surface area contributed by atoms with Crippen LogP contribution in [0, 0.1) is 0 Å². The molecule has 0 bridgehead atoms. The summed E-state index contributed by atoms with van der Waals surface area (Å²) in [5, 5.41) is 5.81. The monoisotopic (exact) mass is 336 g/mol. The predicted molar refractivity (Wildman–Crippen MR) is 108 cm³/mol. The molecule has 0 aliphatic carbocycles. The lowest BCUT2D eigenvalue weighted by Crippen LogP contribution is -1.97. The van der Waals surface area contributed by atoms with Crippen molar-refractivity contribution >= 4 is 16.5 Å². The van der Waals surface area contributed by atoms with Crippen LogP contribution < -0.4 is 16.2 Å². The van der Waals surface area contributed by atoms with Crippen LogP contribution in [0.5, 0.6) is 11.5 Å². The van der Waals surface area contributed by atoms with Crippen LogP contribution in [0.25, 0.3) is 10.8 Å². The molecule has 0 unspecified atom stereocenters. The summed E-state index contributed by atoms with van der Waals surface area (Å²) in [4.78, 5) is 0. The van der Waals surface area contributed by atoms with Gasteiger partial charge >= 0.3 is 0 Å². The van der Waals surface area contributed by atoms with Crippen molar-refractivity contribution in [1.29, 1.82) is 0 Å². The van der Waals surface area contributed by atoms with Gasteiger partial charge < -0.3 is 16.2 Å². The highest BCUT2D eigenvalue weighted by atomic mass is 16.5. The minimum Gasteiger partial charge on any atom is -0.457 e. The molecule has 3 heteroatoms. The molecule has 3 aromatic carbocycles. The topological polar surface area (TPSA) is 56.3 Å². The first-order valence-electron chi connectivity index (χ1n) is 8.82. The highest BCUT2D eigenvalue weighted by Gasteiger charge is 2.09. The van der Waals surface area contributed by atoms with Gasteiger partial charge in [-0.2, -0.15) is 0 Å². The molecular weight excluding hydrogens is 308 g/mol. The van der Waals surface area contributed by atoms with Crippen molar-refractivity contribution in [3.63, 3.8) is 0 Å². The SMILES string of the molecule is CCNc1cccc(Oc2cccc3c(CC)c(CC)ccc23)c1.N. The molecule has 0 saturated carbocycles. The largest absolute Gasteiger partial charge is 0.457 e. The zero-order valence-corrected chi connectivity index (χ0v) is 15.4. The Morgan fingerprint density at radius 2 is 1.64 bits per heavy atom. The lowest BCUT2D eigenvalue weighted by atomic mass is 9.95. The van der Waals surface area contributed by atoms with Crippen LogP contribution in [0.2, 0.25) is 0 Å². The molecule has 3 rings (SSSR count). The van der Waals surface area contributed by atoms with Gasteiger partial charge in [-0.1, -0.05) is 44.2 Å². The fraction of sp³-hybridized carbons (Fsp3) is 0.273. The van der Waals surface area contributed by atoms with Crippen molar-refractivity contribution in [2.75, 3.05) is 11.9 Å². The van der Waals surface area contributed by atoms with E-state index in [1.165, 1.54) is 21.9 Å². The molecule has 0 radical (unpaired) electrons. The quantitative estimate of drug-likeness (QED) is 0.551. The molecule has 0 fully saturated rings. The van der Waals surface area contributed by atoms with Crippen LogP contribution in [0.15, 0.2) is 54.6 Å². The molecule has 0 aliphatic rings. The molecule has 3 nitrogen and oxygen atoms in total. The molecule has 0 amide bonds. The molecule has 25 heavy (non-hydrogen) atoms. The average Bonchev–Trinajstić information content (AvgIpc) is 2.61. The van der Waals surface area contributed by atoms with E-state index in [-0.39, 0.29) is 6.15 Å². The van der Waals surface area contributed by atoms with Crippen LogP contribution in [-0.4, -0.2) is 6.54 Å². The van der Waals surface area contributed by atoms with Gasteiger partial charge in [0.25, 0.3) is 0 Å². The zero-order chi connectivity index (χ0) is 16.9. The van der Waals surface area contributed by atoms with Crippen molar-refractivity contribution in [2.24, 2.45) is 0 Å². The van der Waals surface area contributed by atoms with Crippen LogP contribution in [-0.2, 0) is 12.8 Å². The smallest absolute Gasteiger partial charge is 0.135 e. The van der Waals surface area contributed by atoms with Gasteiger partial charge in [-0.3, -0.25) is 0 Å². The van der Waals surface area contributed by atoms with Crippen LogP contribution in [0.1, 0.15) is 31.9 Å². The third-order valence-electron chi connectivity index (χ3n) is 4.41. The van der Waals surface area contributed by atoms with Crippen molar-refractivity contribution < 1.29 is 4.74 Å². The van der Waals surface area contributed by atoms with Crippen LogP contribution in [0.4, 0.5) is 5.69 Å². The number of nitrogens with one attached hydrogen (secondary N) is 1. The number of fused-ring (bicyclic) bond motifs is 1. The van der Waals surface area contributed by atoms with E-state index in [2.05, 4.69) is 56.4 Å². The second-order valence-electron chi connectivity index (χ2n) is 5.92. The van der Waals surface area contributed by atoms with E-state index in [1.807, 2.05) is 24.3 Å². The Labute approximate surface area is 150 Å². The van der Waals surface area contributed by atoms with Crippen LogP contribution >= 0.6 is 0 Å². The van der Waals surface area contributed by atoms with Crippen molar-refractivity contribution in [1.82, 2.24) is 6.15 Å². The number of anilines is 1. The van der Waals surface area contributed by atoms with Gasteiger partial charge in [0.1, 0.15) is 11.5 Å². The number of benzene rings is 3. The van der Waals surface area contributed by atoms with Crippen molar-refractivity contribution in [2.45, 2.75) is 33.6 Å². The molecule has 0 spiro atoms. The Bertz CT molecular complexity index is 843. The first kappa shape index (κ1) is 18.8. The highest BCUT2D eigenvalue weighted by Crippen LogP contribution is 2.34. The van der Waals surface area contributed by atoms with Crippen LogP contribution in [0.3, 0.4) is 0 Å². The third kappa shape index (κ3) is 3.94. The Balaban J connectivity index is 0.00000225. The second kappa shape index (κ2) is 8.54. The standard InChI is InChI=1S/C22H25NO.H3N/c1-4-16-13-14-21-20(19(16)5-2)11-8-12-22(21)24-18-10-7-9-17(15-18)23-6-3;/h7-15,23H,4-6H2,1-3H3;1H3. The maximum absolute atomic E-state index is 6.21. The summed E-state index contributed by atoms with van der Waals surface area (Å²) in [7, 11) is 0. The summed E-state index contributed by atoms with van der Waals surface area (Å²) in [6, 6.07) is 18.9. The van der Waals surface area contributed by atoms with E-state index in [4.69, 9.17) is 4.74 Å². The van der Waals surface area contributed by atoms with Gasteiger partial charge in [-0.05, 0) is 54.5 Å². The van der Waals surface area contributed by atoms with Crippen molar-refractivity contribution in [3.8, 4) is 11.5 Å². The van der Waals surface area contributed by atoms with Gasteiger partial charge in [-0.25, -0.2) is 0 Å². The summed E-state index contributed by atoms with van der Waals surface area (Å²) in [6.07, 6.45) is 2.11. The molecule has 0 atom stereocenters. The summed E-state index contributed by atoms with van der Waals surface area (Å²) in [5.74, 6) is 1.78. The lowest BCUT2D eigenvalue weighted by Gasteiger charge is -2.14. The summed E-state index contributed by atoms with van der Waals surface area (Å²) in [5.41, 5.74) is 3.94. The van der Waals surface area contributed by atoms with Crippen molar-refractivity contribution in [3.05, 3.63) is 65.7 Å². The van der Waals surface area contributed by atoms with Gasteiger partial charge in [0, 0.05) is 23.7 Å². The molecule has 132 valence electrons. The van der Waals surface area contributed by atoms with E-state index in [0.717, 1.165) is 36.6 Å². The lowest BCUT2D eigenvalue weighted by molar-refractivity contribution is 0.488. The number of ether oxygens (including phenoxy) is 1. The first-order valence-corrected chi connectivity index (χ1v) is 8.82. The summed E-state index contributed by atoms with van der Waals surface area (Å²) in [6.45, 7) is 7.43. The minimum atomic E-state index is 0. The Hall–Kier alpha value is -2.52. The average molecular weight is 336 g/mol. The fourth-order valence-electron chi connectivity index (χ4n) is 3.27. The molecule has 0 aliphatic heterocycles. The molecule has 0 aromatic heterocycles. The molecule has 3 aromatic rings. The summed E-state index contributed by atoms with van der Waals surface area (Å²) >= 11 is 0. The van der Waals surface area contributed by atoms with Gasteiger partial charge in [-0.15, -0.1) is 0 Å². The maximum Gasteiger partial charge on any atom is 0.135 e. The predicted octanol–water partition coefficient (Wildman–Crippen LogP) is 6.35. The molecule has 0 heterocycles. The second-order valence-corrected chi connectivity index (χ2v) is 5.92. The zero-order valence-electron chi connectivity index (χ0n) is 15.4. The fourth-order valence-corrected chi connectivity index (χ4v) is 3.27. The Morgan fingerprint density at radius 1 is 0.840 bits per heavy atom. The number of hydrogen-bond donors (Lipinski definition) is 2. The number of rotatable bonds is 6. The van der Waals surface area contributed by atoms with E-state index in [1.54, 1.807) is 0 Å². The Morgan fingerprint density at radius 3 is 2.36 bits per heavy atom. The molecule has 4 N–H and O–H groups in total. The highest BCUT2D eigenvalue weighted by molar-refractivity contribution is 5.92. The van der Waals surface area contributed by atoms with Gasteiger partial charge in [0.15, 0.2) is 0 Å². The van der Waals surface area contributed by atoms with Gasteiger partial charge in [0.2, 0.25) is 0 Å². The number of aryl methyl sites for hydroxylation is 2. The third-order valence-corrected chi connectivity index (χ3v) is 4.41. The Kier molecular flexibility index (Phi) is 6.43. The maximum atomic E-state index is 6.21. The number of hydrogen-bond acceptors (Lipinski definition) is 3. The van der Waals surface area contributed by atoms with E-state index < -0.39 is 0 Å². The van der Waals surface area contributed by atoms with E-state index in [9.17, 15) is 0 Å². The first-order chi connectivity index (χ1) is 11.8. The van der Waals surface area contributed by atoms with E-state index in [0.29, 0.717) is 0 Å².